The number of benzene rings is 3. The van der Waals surface area contributed by atoms with Crippen LogP contribution in [0.1, 0.15) is 42.6 Å². The van der Waals surface area contributed by atoms with Gasteiger partial charge < -0.3 is 15.0 Å². The third-order valence-electron chi connectivity index (χ3n) is 7.94. The number of rotatable bonds is 6. The highest BCUT2D eigenvalue weighted by atomic mass is 16.6. The molecule has 0 bridgehead atoms. The zero-order valence-corrected chi connectivity index (χ0v) is 24.0. The molecule has 0 spiro atoms. The van der Waals surface area contributed by atoms with E-state index in [1.807, 2.05) is 36.4 Å². The second kappa shape index (κ2) is 12.1. The number of piperazine rings is 1. The first-order valence-electron chi connectivity index (χ1n) is 14.3. The van der Waals surface area contributed by atoms with Crippen LogP contribution in [0.25, 0.3) is 11.0 Å². The van der Waals surface area contributed by atoms with Gasteiger partial charge in [0.25, 0.3) is 0 Å². The number of carbonyl (C=O) groups is 3. The first-order chi connectivity index (χ1) is 21.0. The smallest absolute Gasteiger partial charge is 0.338 e. The van der Waals surface area contributed by atoms with Gasteiger partial charge in [-0.05, 0) is 41.4 Å². The van der Waals surface area contributed by atoms with Gasteiger partial charge in [0.05, 0.1) is 18.2 Å². The number of esters is 1. The lowest BCUT2D eigenvalue weighted by molar-refractivity contribution is -0.139. The molecule has 3 aromatic carbocycles. The Morgan fingerprint density at radius 2 is 1.58 bits per heavy atom. The van der Waals surface area contributed by atoms with Crippen molar-refractivity contribution < 1.29 is 23.7 Å². The van der Waals surface area contributed by atoms with Crippen LogP contribution >= 0.6 is 0 Å². The Bertz CT molecular complexity index is 1620. The SMILES string of the molecule is CCOC(=O)C1=C(C)NC(=O)N(C(=O)N2CCN(C(c3ccccc3)c3ccccc3)CC2)C1c1cccc2nonc12. The highest BCUT2D eigenvalue weighted by molar-refractivity contribution is 6.02. The van der Waals surface area contributed by atoms with Crippen LogP contribution in [0, 0.1) is 0 Å². The number of nitrogens with one attached hydrogen (secondary N) is 1. The van der Waals surface area contributed by atoms with Crippen molar-refractivity contribution in [3.05, 3.63) is 107 Å². The minimum absolute atomic E-state index is 0.0175. The van der Waals surface area contributed by atoms with E-state index in [1.165, 1.54) is 0 Å². The van der Waals surface area contributed by atoms with Crippen molar-refractivity contribution >= 4 is 29.1 Å². The standard InChI is InChI=1S/C32H32N6O5/c1-3-42-30(39)26-21(2)33-31(40)38(29(26)24-15-10-16-25-27(24)35-43-34-25)32(41)37-19-17-36(18-20-37)28(22-11-6-4-7-12-22)23-13-8-5-9-14-23/h4-16,28-29H,3,17-20H2,1-2H3,(H,33,40). The van der Waals surface area contributed by atoms with E-state index in [-0.39, 0.29) is 18.2 Å². The first kappa shape index (κ1) is 28.1. The van der Waals surface area contributed by atoms with Gasteiger partial charge in [-0.3, -0.25) is 4.90 Å². The molecule has 4 aromatic rings. The zero-order valence-electron chi connectivity index (χ0n) is 24.0. The topological polar surface area (TPSA) is 121 Å². The quantitative estimate of drug-likeness (QED) is 0.327. The summed E-state index contributed by atoms with van der Waals surface area (Å²) < 4.78 is 10.3. The van der Waals surface area contributed by atoms with Crippen LogP contribution < -0.4 is 5.32 Å². The van der Waals surface area contributed by atoms with Gasteiger partial charge in [-0.2, -0.15) is 0 Å². The lowest BCUT2D eigenvalue weighted by Gasteiger charge is -2.43. The molecule has 6 rings (SSSR count). The molecular weight excluding hydrogens is 548 g/mol. The molecule has 0 saturated carbocycles. The molecule has 1 fully saturated rings. The van der Waals surface area contributed by atoms with Crippen LogP contribution in [0.15, 0.2) is 94.8 Å². The molecule has 43 heavy (non-hydrogen) atoms. The summed E-state index contributed by atoms with van der Waals surface area (Å²) in [7, 11) is 0. The number of fused-ring (bicyclic) bond motifs is 1. The van der Waals surface area contributed by atoms with E-state index in [2.05, 4.69) is 44.8 Å². The summed E-state index contributed by atoms with van der Waals surface area (Å²) in [5, 5.41) is 10.6. The van der Waals surface area contributed by atoms with Gasteiger partial charge in [-0.25, -0.2) is 23.9 Å². The molecule has 220 valence electrons. The number of nitrogens with zero attached hydrogens (tertiary/aromatic N) is 5. The second-order valence-corrected chi connectivity index (χ2v) is 10.5. The number of amides is 4. The van der Waals surface area contributed by atoms with Gasteiger partial charge >= 0.3 is 18.0 Å². The Hall–Kier alpha value is -5.03. The Kier molecular flexibility index (Phi) is 7.89. The molecule has 11 nitrogen and oxygen atoms in total. The van der Waals surface area contributed by atoms with Crippen molar-refractivity contribution in [2.24, 2.45) is 0 Å². The van der Waals surface area contributed by atoms with Gasteiger partial charge in [0.1, 0.15) is 17.1 Å². The number of ether oxygens (including phenoxy) is 1. The Morgan fingerprint density at radius 3 is 2.21 bits per heavy atom. The highest BCUT2D eigenvalue weighted by Gasteiger charge is 2.45. The minimum atomic E-state index is -1.09. The average Bonchev–Trinajstić information content (AvgIpc) is 3.52. The maximum Gasteiger partial charge on any atom is 0.338 e. The van der Waals surface area contributed by atoms with Crippen LogP contribution in [-0.4, -0.2) is 75.8 Å². The number of imide groups is 1. The molecule has 0 aliphatic carbocycles. The van der Waals surface area contributed by atoms with Gasteiger partial charge in [-0.15, -0.1) is 0 Å². The van der Waals surface area contributed by atoms with Gasteiger partial charge in [-0.1, -0.05) is 72.8 Å². The van der Waals surface area contributed by atoms with Crippen LogP contribution in [-0.2, 0) is 9.53 Å². The van der Waals surface area contributed by atoms with Crippen molar-refractivity contribution in [2.45, 2.75) is 25.9 Å². The normalized spacial score (nSPS) is 17.8. The molecule has 1 atom stereocenters. The van der Waals surface area contributed by atoms with Gasteiger partial charge in [0.15, 0.2) is 0 Å². The predicted octanol–water partition coefficient (Wildman–Crippen LogP) is 4.65. The summed E-state index contributed by atoms with van der Waals surface area (Å²) in [5.74, 6) is -0.630. The fraction of sp³-hybridized carbons (Fsp3) is 0.281. The molecule has 3 heterocycles. The van der Waals surface area contributed by atoms with E-state index < -0.39 is 24.1 Å². The molecule has 0 radical (unpaired) electrons. The Balaban J connectivity index is 1.31. The monoisotopic (exact) mass is 580 g/mol. The van der Waals surface area contributed by atoms with Crippen LogP contribution in [0.5, 0.6) is 0 Å². The van der Waals surface area contributed by atoms with Crippen LogP contribution in [0.4, 0.5) is 9.59 Å². The average molecular weight is 581 g/mol. The number of hydrogen-bond donors (Lipinski definition) is 1. The summed E-state index contributed by atoms with van der Waals surface area (Å²) in [6.07, 6.45) is 0. The summed E-state index contributed by atoms with van der Waals surface area (Å²) >= 11 is 0. The molecule has 2 aliphatic rings. The van der Waals surface area contributed by atoms with Gasteiger partial charge in [0.2, 0.25) is 0 Å². The first-order valence-corrected chi connectivity index (χ1v) is 14.3. The zero-order chi connectivity index (χ0) is 29.9. The molecule has 1 unspecified atom stereocenters. The summed E-state index contributed by atoms with van der Waals surface area (Å²) in [6.45, 7) is 5.40. The second-order valence-electron chi connectivity index (χ2n) is 10.5. The maximum atomic E-state index is 14.2. The molecule has 1 saturated heterocycles. The number of hydrogen-bond acceptors (Lipinski definition) is 8. The highest BCUT2D eigenvalue weighted by Crippen LogP contribution is 2.38. The number of allylic oxidation sites excluding steroid dienone is 1. The van der Waals surface area contributed by atoms with Crippen LogP contribution in [0.3, 0.4) is 0 Å². The molecule has 1 N–H and O–H groups in total. The number of carbonyl (C=O) groups excluding carboxylic acids is 3. The molecule has 4 amide bonds. The van der Waals surface area contributed by atoms with Crippen molar-refractivity contribution in [3.8, 4) is 0 Å². The largest absolute Gasteiger partial charge is 0.463 e. The third kappa shape index (κ3) is 5.35. The number of urea groups is 2. The third-order valence-corrected chi connectivity index (χ3v) is 7.94. The predicted molar refractivity (Wildman–Crippen MR) is 158 cm³/mol. The van der Waals surface area contributed by atoms with E-state index in [9.17, 15) is 14.4 Å². The van der Waals surface area contributed by atoms with E-state index in [0.29, 0.717) is 48.5 Å². The molecule has 1 aromatic heterocycles. The van der Waals surface area contributed by atoms with E-state index in [1.54, 1.807) is 36.9 Å². The van der Waals surface area contributed by atoms with E-state index >= 15 is 0 Å². The summed E-state index contributed by atoms with van der Waals surface area (Å²) in [6, 6.07) is 23.5. The maximum absolute atomic E-state index is 14.2. The lowest BCUT2D eigenvalue weighted by Crippen LogP contribution is -2.59. The van der Waals surface area contributed by atoms with Crippen molar-refractivity contribution in [3.63, 3.8) is 0 Å². The fourth-order valence-corrected chi connectivity index (χ4v) is 5.96. The minimum Gasteiger partial charge on any atom is -0.463 e. The van der Waals surface area contributed by atoms with E-state index in [0.717, 1.165) is 16.0 Å². The summed E-state index contributed by atoms with van der Waals surface area (Å²) in [5.41, 5.74) is 4.03. The van der Waals surface area contributed by atoms with Crippen molar-refractivity contribution in [1.82, 2.24) is 30.3 Å². The lowest BCUT2D eigenvalue weighted by atomic mass is 9.93. The van der Waals surface area contributed by atoms with Crippen molar-refractivity contribution in [2.75, 3.05) is 32.8 Å². The molecule has 11 heteroatoms. The summed E-state index contributed by atoms with van der Waals surface area (Å²) in [4.78, 5) is 46.1. The fourth-order valence-electron chi connectivity index (χ4n) is 5.96. The molecular formula is C32H32N6O5. The van der Waals surface area contributed by atoms with E-state index in [4.69, 9.17) is 9.37 Å². The van der Waals surface area contributed by atoms with Gasteiger partial charge in [0, 0.05) is 37.4 Å². The Morgan fingerprint density at radius 1 is 0.930 bits per heavy atom. The van der Waals surface area contributed by atoms with Crippen molar-refractivity contribution in [1.29, 1.82) is 0 Å². The Labute approximate surface area is 248 Å². The molecule has 2 aliphatic heterocycles. The number of aromatic nitrogens is 2. The van der Waals surface area contributed by atoms with Crippen LogP contribution in [0.2, 0.25) is 0 Å².